The number of nitrogens with one attached hydrogen (secondary N) is 1. The minimum Gasteiger partial charge on any atom is -0.438 e. The lowest BCUT2D eigenvalue weighted by Crippen LogP contribution is -2.04. The van der Waals surface area contributed by atoms with E-state index >= 15 is 0 Å². The van der Waals surface area contributed by atoms with Gasteiger partial charge < -0.3 is 10.1 Å². The zero-order chi connectivity index (χ0) is 22.5. The van der Waals surface area contributed by atoms with E-state index in [2.05, 4.69) is 16.4 Å². The van der Waals surface area contributed by atoms with E-state index < -0.39 is 4.92 Å². The van der Waals surface area contributed by atoms with Crippen molar-refractivity contribution in [2.45, 2.75) is 19.7 Å². The number of nitriles is 2. The van der Waals surface area contributed by atoms with Gasteiger partial charge in [0.25, 0.3) is 0 Å². The van der Waals surface area contributed by atoms with Crippen LogP contribution in [0.5, 0.6) is 11.6 Å². The van der Waals surface area contributed by atoms with Crippen LogP contribution in [0, 0.1) is 46.6 Å². The van der Waals surface area contributed by atoms with Crippen molar-refractivity contribution in [1.29, 1.82) is 10.5 Å². The van der Waals surface area contributed by atoms with Gasteiger partial charge in [0.05, 0.1) is 34.1 Å². The molecule has 0 atom stereocenters. The molecule has 0 saturated carbocycles. The highest BCUT2D eigenvalue weighted by molar-refractivity contribution is 6.17. The van der Waals surface area contributed by atoms with Gasteiger partial charge >= 0.3 is 5.69 Å². The second-order valence-corrected chi connectivity index (χ2v) is 6.95. The lowest BCUT2D eigenvalue weighted by molar-refractivity contribution is -0.384. The Morgan fingerprint density at radius 1 is 1.10 bits per heavy atom. The van der Waals surface area contributed by atoms with Gasteiger partial charge in [0.15, 0.2) is 0 Å². The number of alkyl halides is 1. The topological polar surface area (TPSA) is 125 Å². The van der Waals surface area contributed by atoms with Crippen molar-refractivity contribution < 1.29 is 9.66 Å². The molecule has 1 aromatic heterocycles. The summed E-state index contributed by atoms with van der Waals surface area (Å²) in [6.45, 7) is 3.59. The third kappa shape index (κ3) is 4.72. The Hall–Kier alpha value is -4.14. The Kier molecular flexibility index (Phi) is 6.35. The average molecular weight is 434 g/mol. The summed E-state index contributed by atoms with van der Waals surface area (Å²) in [5, 5.41) is 32.6. The highest BCUT2D eigenvalue weighted by Gasteiger charge is 2.22. The van der Waals surface area contributed by atoms with Crippen LogP contribution in [0.4, 0.5) is 17.2 Å². The summed E-state index contributed by atoms with van der Waals surface area (Å²) in [5.74, 6) is 0.542. The first-order valence-electron chi connectivity index (χ1n) is 9.07. The van der Waals surface area contributed by atoms with Crippen LogP contribution in [-0.2, 0) is 5.88 Å². The summed E-state index contributed by atoms with van der Waals surface area (Å²) in [4.78, 5) is 15.4. The molecule has 8 nitrogen and oxygen atoms in total. The maximum absolute atomic E-state index is 11.6. The molecule has 2 aromatic carbocycles. The van der Waals surface area contributed by atoms with E-state index in [0.29, 0.717) is 28.1 Å². The number of hydrogen-bond acceptors (Lipinski definition) is 7. The number of pyridine rings is 1. The van der Waals surface area contributed by atoms with Gasteiger partial charge in [-0.1, -0.05) is 0 Å². The molecule has 3 aromatic rings. The van der Waals surface area contributed by atoms with Gasteiger partial charge in [-0.15, -0.1) is 11.6 Å². The summed E-state index contributed by atoms with van der Waals surface area (Å²) < 4.78 is 6.00. The molecule has 0 unspecified atom stereocenters. The fourth-order valence-corrected chi connectivity index (χ4v) is 3.17. The molecule has 0 saturated heterocycles. The fourth-order valence-electron chi connectivity index (χ4n) is 2.98. The number of nitrogens with zero attached hydrogens (tertiary/aromatic N) is 4. The van der Waals surface area contributed by atoms with E-state index in [4.69, 9.17) is 26.9 Å². The van der Waals surface area contributed by atoms with Crippen molar-refractivity contribution in [3.63, 3.8) is 0 Å². The van der Waals surface area contributed by atoms with E-state index in [-0.39, 0.29) is 23.3 Å². The molecule has 0 aliphatic heterocycles. The maximum Gasteiger partial charge on any atom is 0.312 e. The minimum atomic E-state index is -0.559. The predicted molar refractivity (Wildman–Crippen MR) is 116 cm³/mol. The van der Waals surface area contributed by atoms with Crippen LogP contribution in [-0.4, -0.2) is 9.91 Å². The number of aromatic nitrogens is 1. The minimum absolute atomic E-state index is 0.0254. The van der Waals surface area contributed by atoms with Crippen molar-refractivity contribution in [2.75, 3.05) is 5.32 Å². The largest absolute Gasteiger partial charge is 0.438 e. The first-order valence-corrected chi connectivity index (χ1v) is 9.60. The molecule has 0 fully saturated rings. The number of hydrogen-bond donors (Lipinski definition) is 1. The van der Waals surface area contributed by atoms with Gasteiger partial charge in [-0.2, -0.15) is 15.5 Å². The van der Waals surface area contributed by atoms with Gasteiger partial charge in [0.1, 0.15) is 5.75 Å². The number of ether oxygens (including phenoxy) is 1. The Morgan fingerprint density at radius 2 is 1.71 bits per heavy atom. The van der Waals surface area contributed by atoms with Crippen molar-refractivity contribution in [3.8, 4) is 23.8 Å². The van der Waals surface area contributed by atoms with Gasteiger partial charge in [-0.05, 0) is 61.4 Å². The van der Waals surface area contributed by atoms with E-state index in [9.17, 15) is 10.1 Å². The Bertz CT molecular complexity index is 1220. The van der Waals surface area contributed by atoms with Crippen molar-refractivity contribution in [1.82, 2.24) is 4.98 Å². The first-order chi connectivity index (χ1) is 14.9. The molecular formula is C22H16ClN5O3. The molecular weight excluding hydrogens is 418 g/mol. The SMILES string of the molecule is Cc1cc(C#N)cc(C)c1Oc1nc(Nc2ccc(C#N)cc2)c([N+](=O)[O-])cc1CCl. The first kappa shape index (κ1) is 21.6. The Labute approximate surface area is 183 Å². The second kappa shape index (κ2) is 9.12. The molecule has 1 heterocycles. The molecule has 0 spiro atoms. The van der Waals surface area contributed by atoms with Crippen LogP contribution < -0.4 is 10.1 Å². The summed E-state index contributed by atoms with van der Waals surface area (Å²) in [5.41, 5.74) is 3.01. The number of halogens is 1. The van der Waals surface area contributed by atoms with E-state index in [1.807, 2.05) is 6.07 Å². The zero-order valence-corrected chi connectivity index (χ0v) is 17.4. The molecule has 0 radical (unpaired) electrons. The summed E-state index contributed by atoms with van der Waals surface area (Å²) in [6, 6.07) is 15.2. The van der Waals surface area contributed by atoms with Crippen molar-refractivity contribution in [3.05, 3.63) is 80.4 Å². The molecule has 154 valence electrons. The zero-order valence-electron chi connectivity index (χ0n) is 16.6. The molecule has 3 rings (SSSR count). The van der Waals surface area contributed by atoms with Crippen LogP contribution in [0.1, 0.15) is 27.8 Å². The summed E-state index contributed by atoms with van der Waals surface area (Å²) >= 11 is 6.01. The molecule has 31 heavy (non-hydrogen) atoms. The van der Waals surface area contributed by atoms with Crippen molar-refractivity contribution >= 4 is 28.8 Å². The van der Waals surface area contributed by atoms with Gasteiger partial charge in [-0.3, -0.25) is 10.1 Å². The van der Waals surface area contributed by atoms with Crippen LogP contribution in [0.15, 0.2) is 42.5 Å². The highest BCUT2D eigenvalue weighted by atomic mass is 35.5. The fraction of sp³-hybridized carbons (Fsp3) is 0.136. The summed E-state index contributed by atoms with van der Waals surface area (Å²) in [7, 11) is 0. The monoisotopic (exact) mass is 433 g/mol. The van der Waals surface area contributed by atoms with Crippen LogP contribution >= 0.6 is 11.6 Å². The maximum atomic E-state index is 11.6. The van der Waals surface area contributed by atoms with E-state index in [1.165, 1.54) is 6.07 Å². The van der Waals surface area contributed by atoms with E-state index in [1.54, 1.807) is 50.2 Å². The molecule has 9 heteroatoms. The third-order valence-electron chi connectivity index (χ3n) is 4.45. The lowest BCUT2D eigenvalue weighted by atomic mass is 10.1. The van der Waals surface area contributed by atoms with Gasteiger partial charge in [-0.25, -0.2) is 0 Å². The number of rotatable bonds is 6. The van der Waals surface area contributed by atoms with Gasteiger partial charge in [0.2, 0.25) is 11.7 Å². The lowest BCUT2D eigenvalue weighted by Gasteiger charge is -2.15. The quantitative estimate of drug-likeness (QED) is 0.303. The molecule has 1 N–H and O–H groups in total. The molecule has 0 amide bonds. The highest BCUT2D eigenvalue weighted by Crippen LogP contribution is 2.36. The van der Waals surface area contributed by atoms with Crippen molar-refractivity contribution in [2.24, 2.45) is 0 Å². The molecule has 0 aliphatic carbocycles. The number of aryl methyl sites for hydroxylation is 2. The van der Waals surface area contributed by atoms with Gasteiger partial charge in [0, 0.05) is 17.3 Å². The smallest absolute Gasteiger partial charge is 0.312 e. The number of nitro groups is 1. The Morgan fingerprint density at radius 3 is 2.23 bits per heavy atom. The standard InChI is InChI=1S/C22H16ClN5O3/c1-13-7-16(12-25)8-14(2)20(13)31-22-17(10-23)9-19(28(29)30)21(27-22)26-18-5-3-15(11-24)4-6-18/h3-9H,10H2,1-2H3,(H,26,27). The number of anilines is 2. The molecule has 0 aliphatic rings. The Balaban J connectivity index is 2.06. The van der Waals surface area contributed by atoms with Crippen LogP contribution in [0.3, 0.4) is 0 Å². The second-order valence-electron chi connectivity index (χ2n) is 6.68. The predicted octanol–water partition coefficient (Wildman–Crippen LogP) is 5.62. The van der Waals surface area contributed by atoms with Crippen LogP contribution in [0.2, 0.25) is 0 Å². The normalized spacial score (nSPS) is 10.1. The third-order valence-corrected chi connectivity index (χ3v) is 4.74. The van der Waals surface area contributed by atoms with E-state index in [0.717, 1.165) is 11.1 Å². The van der Waals surface area contributed by atoms with Crippen LogP contribution in [0.25, 0.3) is 0 Å². The average Bonchev–Trinajstić information content (AvgIpc) is 2.76. The molecule has 0 bridgehead atoms. The number of benzene rings is 2. The summed E-state index contributed by atoms with van der Waals surface area (Å²) in [6.07, 6.45) is 0.